The van der Waals surface area contributed by atoms with Crippen molar-refractivity contribution in [2.45, 2.75) is 32.8 Å². The predicted molar refractivity (Wildman–Crippen MR) is 93.1 cm³/mol. The molecule has 1 fully saturated rings. The molecule has 0 unspecified atom stereocenters. The number of likely N-dealkylation sites (tertiary alicyclic amines) is 1. The van der Waals surface area contributed by atoms with Gasteiger partial charge in [0, 0.05) is 38.3 Å². The van der Waals surface area contributed by atoms with E-state index in [1.165, 1.54) is 0 Å². The van der Waals surface area contributed by atoms with Crippen LogP contribution in [0.1, 0.15) is 35.7 Å². The van der Waals surface area contributed by atoms with E-state index in [0.29, 0.717) is 31.7 Å². The number of carbonyl (C=O) groups is 2. The Morgan fingerprint density at radius 1 is 1.12 bits per heavy atom. The smallest absolute Gasteiger partial charge is 0.317 e. The second-order valence-electron chi connectivity index (χ2n) is 6.00. The number of rotatable bonds is 6. The van der Waals surface area contributed by atoms with E-state index in [1.54, 1.807) is 17.0 Å². The van der Waals surface area contributed by atoms with Crippen LogP contribution in [0.2, 0.25) is 0 Å². The fourth-order valence-electron chi connectivity index (χ4n) is 2.73. The number of hydrogen-bond acceptors (Lipinski definition) is 3. The van der Waals surface area contributed by atoms with Crippen LogP contribution >= 0.6 is 0 Å². The number of piperidine rings is 1. The van der Waals surface area contributed by atoms with Gasteiger partial charge in [0.1, 0.15) is 0 Å². The molecule has 1 aliphatic rings. The van der Waals surface area contributed by atoms with Gasteiger partial charge >= 0.3 is 6.03 Å². The normalized spacial score (nSPS) is 15.2. The molecule has 0 radical (unpaired) electrons. The van der Waals surface area contributed by atoms with Gasteiger partial charge in [0.15, 0.2) is 0 Å². The van der Waals surface area contributed by atoms with E-state index in [9.17, 15) is 9.59 Å². The lowest BCUT2D eigenvalue weighted by Crippen LogP contribution is -2.47. The van der Waals surface area contributed by atoms with Crippen LogP contribution < -0.4 is 10.6 Å². The highest BCUT2D eigenvalue weighted by Gasteiger charge is 2.22. The fraction of sp³-hybridized carbons (Fsp3) is 0.556. The zero-order valence-corrected chi connectivity index (χ0v) is 14.5. The molecule has 1 aromatic carbocycles. The van der Waals surface area contributed by atoms with Crippen molar-refractivity contribution in [3.63, 3.8) is 0 Å². The summed E-state index contributed by atoms with van der Waals surface area (Å²) in [4.78, 5) is 25.8. The number of benzene rings is 1. The van der Waals surface area contributed by atoms with E-state index < -0.39 is 0 Å². The van der Waals surface area contributed by atoms with Crippen LogP contribution in [0.4, 0.5) is 4.79 Å². The highest BCUT2D eigenvalue weighted by molar-refractivity contribution is 5.94. The molecular weight excluding hydrogens is 306 g/mol. The third-order valence-electron chi connectivity index (χ3n) is 4.13. The lowest BCUT2D eigenvalue weighted by molar-refractivity contribution is 0.0220. The van der Waals surface area contributed by atoms with Crippen LogP contribution in [-0.4, -0.2) is 55.7 Å². The highest BCUT2D eigenvalue weighted by atomic mass is 16.5. The Hall–Kier alpha value is -2.08. The number of urea groups is 1. The van der Waals surface area contributed by atoms with Crippen LogP contribution in [0.25, 0.3) is 0 Å². The summed E-state index contributed by atoms with van der Waals surface area (Å²) in [5, 5.41) is 5.65. The molecule has 24 heavy (non-hydrogen) atoms. The zero-order valence-electron chi connectivity index (χ0n) is 14.5. The maximum atomic E-state index is 12.1. The predicted octanol–water partition coefficient (Wildman–Crippen LogP) is 1.94. The first-order chi connectivity index (χ1) is 11.6. The minimum atomic E-state index is -0.123. The monoisotopic (exact) mass is 333 g/mol. The SMILES string of the molecule is CCOC1CCN(C(=O)NCCNC(=O)c2ccc(C)cc2)CC1. The van der Waals surface area contributed by atoms with Crippen molar-refractivity contribution in [2.75, 3.05) is 32.8 Å². The number of nitrogens with zero attached hydrogens (tertiary/aromatic N) is 1. The van der Waals surface area contributed by atoms with Gasteiger partial charge in [-0.15, -0.1) is 0 Å². The van der Waals surface area contributed by atoms with Gasteiger partial charge in [-0.05, 0) is 38.8 Å². The largest absolute Gasteiger partial charge is 0.378 e. The molecule has 0 saturated carbocycles. The van der Waals surface area contributed by atoms with Crippen molar-refractivity contribution in [3.8, 4) is 0 Å². The summed E-state index contributed by atoms with van der Waals surface area (Å²) in [6, 6.07) is 7.33. The average molecular weight is 333 g/mol. The maximum absolute atomic E-state index is 12.1. The summed E-state index contributed by atoms with van der Waals surface area (Å²) in [6.45, 7) is 6.95. The van der Waals surface area contributed by atoms with Crippen LogP contribution in [0, 0.1) is 6.92 Å². The molecular formula is C18H27N3O3. The molecule has 0 bridgehead atoms. The van der Waals surface area contributed by atoms with Gasteiger partial charge in [0.2, 0.25) is 0 Å². The van der Waals surface area contributed by atoms with Crippen molar-refractivity contribution in [1.29, 1.82) is 0 Å². The van der Waals surface area contributed by atoms with Gasteiger partial charge in [-0.2, -0.15) is 0 Å². The van der Waals surface area contributed by atoms with Gasteiger partial charge in [0.25, 0.3) is 5.91 Å². The third kappa shape index (κ3) is 5.53. The molecule has 0 aromatic heterocycles. The van der Waals surface area contributed by atoms with Crippen LogP contribution in [0.3, 0.4) is 0 Å². The molecule has 0 spiro atoms. The van der Waals surface area contributed by atoms with Crippen molar-refractivity contribution >= 4 is 11.9 Å². The molecule has 0 aliphatic carbocycles. The number of carbonyl (C=O) groups excluding carboxylic acids is 2. The van der Waals surface area contributed by atoms with Crippen molar-refractivity contribution in [3.05, 3.63) is 35.4 Å². The minimum Gasteiger partial charge on any atom is -0.378 e. The van der Waals surface area contributed by atoms with E-state index in [0.717, 1.165) is 25.0 Å². The Morgan fingerprint density at radius 2 is 1.75 bits per heavy atom. The van der Waals surface area contributed by atoms with Crippen LogP contribution in [-0.2, 0) is 4.74 Å². The zero-order chi connectivity index (χ0) is 17.4. The number of amides is 3. The summed E-state index contributed by atoms with van der Waals surface area (Å²) in [5.74, 6) is -0.123. The van der Waals surface area contributed by atoms with E-state index in [2.05, 4.69) is 10.6 Å². The van der Waals surface area contributed by atoms with Crippen molar-refractivity contribution in [1.82, 2.24) is 15.5 Å². The Morgan fingerprint density at radius 3 is 2.38 bits per heavy atom. The molecule has 2 rings (SSSR count). The van der Waals surface area contributed by atoms with Crippen LogP contribution in [0.5, 0.6) is 0 Å². The Kier molecular flexibility index (Phi) is 7.06. The minimum absolute atomic E-state index is 0.0745. The molecule has 6 nitrogen and oxygen atoms in total. The number of aryl methyl sites for hydroxylation is 1. The number of ether oxygens (including phenoxy) is 1. The van der Waals surface area contributed by atoms with Gasteiger partial charge in [0.05, 0.1) is 6.10 Å². The molecule has 2 N–H and O–H groups in total. The van der Waals surface area contributed by atoms with Gasteiger partial charge in [-0.1, -0.05) is 17.7 Å². The molecule has 1 aliphatic heterocycles. The number of nitrogens with one attached hydrogen (secondary N) is 2. The lowest BCUT2D eigenvalue weighted by atomic mass is 10.1. The lowest BCUT2D eigenvalue weighted by Gasteiger charge is -2.31. The fourth-order valence-corrected chi connectivity index (χ4v) is 2.73. The van der Waals surface area contributed by atoms with Crippen LogP contribution in [0.15, 0.2) is 24.3 Å². The topological polar surface area (TPSA) is 70.7 Å². The van der Waals surface area contributed by atoms with Gasteiger partial charge < -0.3 is 20.3 Å². The standard InChI is InChI=1S/C18H27N3O3/c1-3-24-16-8-12-21(13-9-16)18(23)20-11-10-19-17(22)15-6-4-14(2)5-7-15/h4-7,16H,3,8-13H2,1-2H3,(H,19,22)(H,20,23). The number of hydrogen-bond donors (Lipinski definition) is 2. The van der Waals surface area contributed by atoms with E-state index in [1.807, 2.05) is 26.0 Å². The molecule has 1 aromatic rings. The first-order valence-electron chi connectivity index (χ1n) is 8.59. The summed E-state index contributed by atoms with van der Waals surface area (Å²) < 4.78 is 5.58. The summed E-state index contributed by atoms with van der Waals surface area (Å²) in [5.41, 5.74) is 1.75. The van der Waals surface area contributed by atoms with E-state index >= 15 is 0 Å². The summed E-state index contributed by atoms with van der Waals surface area (Å²) in [6.07, 6.45) is 2.03. The Labute approximate surface area is 143 Å². The van der Waals surface area contributed by atoms with Gasteiger partial charge in [-0.3, -0.25) is 4.79 Å². The first kappa shape index (κ1) is 18.3. The molecule has 0 atom stereocenters. The van der Waals surface area contributed by atoms with E-state index in [4.69, 9.17) is 4.74 Å². The molecule has 6 heteroatoms. The Bertz CT molecular complexity index is 537. The Balaban J connectivity index is 1.62. The van der Waals surface area contributed by atoms with Crippen molar-refractivity contribution < 1.29 is 14.3 Å². The van der Waals surface area contributed by atoms with Gasteiger partial charge in [-0.25, -0.2) is 4.79 Å². The molecule has 1 heterocycles. The first-order valence-corrected chi connectivity index (χ1v) is 8.59. The highest BCUT2D eigenvalue weighted by Crippen LogP contribution is 2.13. The summed E-state index contributed by atoms with van der Waals surface area (Å²) >= 11 is 0. The molecule has 132 valence electrons. The average Bonchev–Trinajstić information content (AvgIpc) is 2.60. The second-order valence-corrected chi connectivity index (χ2v) is 6.00. The molecule has 3 amide bonds. The second kappa shape index (κ2) is 9.27. The quantitative estimate of drug-likeness (QED) is 0.782. The third-order valence-corrected chi connectivity index (χ3v) is 4.13. The van der Waals surface area contributed by atoms with E-state index in [-0.39, 0.29) is 18.0 Å². The molecule has 1 saturated heterocycles. The summed E-state index contributed by atoms with van der Waals surface area (Å²) in [7, 11) is 0. The van der Waals surface area contributed by atoms with Crippen molar-refractivity contribution in [2.24, 2.45) is 0 Å². The maximum Gasteiger partial charge on any atom is 0.317 e.